The Bertz CT molecular complexity index is 586. The first-order chi connectivity index (χ1) is 8.61. The third-order valence-corrected chi connectivity index (χ3v) is 3.22. The number of halogens is 1. The largest absolute Gasteiger partial charge is 0.295 e. The molecule has 1 amide bonds. The zero-order valence-electron chi connectivity index (χ0n) is 10.1. The summed E-state index contributed by atoms with van der Waals surface area (Å²) in [5.74, 6) is 0.464. The van der Waals surface area contributed by atoms with Gasteiger partial charge in [-0.2, -0.15) is 0 Å². The van der Waals surface area contributed by atoms with Gasteiger partial charge in [0.25, 0.3) is 5.91 Å². The van der Waals surface area contributed by atoms with Crippen LogP contribution in [0.1, 0.15) is 16.1 Å². The van der Waals surface area contributed by atoms with Crippen molar-refractivity contribution in [2.75, 3.05) is 11.9 Å². The Kier molecular flexibility index (Phi) is 3.72. The van der Waals surface area contributed by atoms with Crippen LogP contribution in [0.15, 0.2) is 41.1 Å². The van der Waals surface area contributed by atoms with E-state index in [0.29, 0.717) is 17.1 Å². The van der Waals surface area contributed by atoms with Crippen LogP contribution in [0.4, 0.5) is 5.82 Å². The highest BCUT2D eigenvalue weighted by Gasteiger charge is 2.18. The molecule has 0 aliphatic rings. The highest BCUT2D eigenvalue weighted by molar-refractivity contribution is 9.10. The lowest BCUT2D eigenvalue weighted by Crippen LogP contribution is -2.28. The number of carbonyl (C=O) groups excluding carboxylic acids is 1. The van der Waals surface area contributed by atoms with E-state index in [-0.39, 0.29) is 5.91 Å². The van der Waals surface area contributed by atoms with E-state index >= 15 is 0 Å². The molecule has 0 spiro atoms. The molecule has 0 fully saturated rings. The van der Waals surface area contributed by atoms with E-state index in [2.05, 4.69) is 25.9 Å². The Morgan fingerprint density at radius 2 is 1.89 bits per heavy atom. The summed E-state index contributed by atoms with van der Waals surface area (Å²) in [5, 5.41) is 0. The van der Waals surface area contributed by atoms with Crippen LogP contribution in [0.25, 0.3) is 0 Å². The third kappa shape index (κ3) is 2.41. The predicted molar refractivity (Wildman–Crippen MR) is 73.6 cm³/mol. The highest BCUT2D eigenvalue weighted by atomic mass is 79.9. The fraction of sp³-hybridized carbons (Fsp3) is 0.154. The van der Waals surface area contributed by atoms with Gasteiger partial charge >= 0.3 is 0 Å². The molecule has 18 heavy (non-hydrogen) atoms. The lowest BCUT2D eigenvalue weighted by Gasteiger charge is -2.18. The van der Waals surface area contributed by atoms with Crippen molar-refractivity contribution in [3.63, 3.8) is 0 Å². The molecule has 0 radical (unpaired) electrons. The maximum absolute atomic E-state index is 12.3. The molecule has 0 aliphatic heterocycles. The molecule has 0 unspecified atom stereocenters. The van der Waals surface area contributed by atoms with Crippen LogP contribution in [0.2, 0.25) is 0 Å². The summed E-state index contributed by atoms with van der Waals surface area (Å²) in [6.45, 7) is 1.81. The summed E-state index contributed by atoms with van der Waals surface area (Å²) in [4.78, 5) is 22.2. The van der Waals surface area contributed by atoms with Crippen molar-refractivity contribution in [1.29, 1.82) is 0 Å². The molecule has 4 nitrogen and oxygen atoms in total. The summed E-state index contributed by atoms with van der Waals surface area (Å²) in [7, 11) is 1.70. The Labute approximate surface area is 114 Å². The minimum Gasteiger partial charge on any atom is -0.295 e. The summed E-state index contributed by atoms with van der Waals surface area (Å²) in [5.41, 5.74) is 1.29. The number of anilines is 1. The first-order valence-electron chi connectivity index (χ1n) is 5.41. The SMILES string of the molecule is Cc1ncccc1C(=O)N(C)c1ncccc1Br. The van der Waals surface area contributed by atoms with Crippen molar-refractivity contribution in [1.82, 2.24) is 9.97 Å². The van der Waals surface area contributed by atoms with Crippen molar-refractivity contribution in [3.8, 4) is 0 Å². The number of carbonyl (C=O) groups is 1. The third-order valence-electron chi connectivity index (χ3n) is 2.60. The van der Waals surface area contributed by atoms with Gasteiger partial charge in [-0.15, -0.1) is 0 Å². The predicted octanol–water partition coefficient (Wildman–Crippen LogP) is 2.82. The molecule has 2 aromatic heterocycles. The molecule has 0 saturated carbocycles. The van der Waals surface area contributed by atoms with Gasteiger partial charge in [-0.05, 0) is 47.1 Å². The molecule has 0 atom stereocenters. The minimum atomic E-state index is -0.125. The van der Waals surface area contributed by atoms with E-state index in [1.54, 1.807) is 37.6 Å². The average molecular weight is 306 g/mol. The number of pyridine rings is 2. The van der Waals surface area contributed by atoms with Crippen molar-refractivity contribution in [2.45, 2.75) is 6.92 Å². The van der Waals surface area contributed by atoms with Crippen molar-refractivity contribution in [2.24, 2.45) is 0 Å². The zero-order valence-corrected chi connectivity index (χ0v) is 11.7. The second kappa shape index (κ2) is 5.27. The summed E-state index contributed by atoms with van der Waals surface area (Å²) >= 11 is 3.38. The number of hydrogen-bond donors (Lipinski definition) is 0. The van der Waals surface area contributed by atoms with Crippen LogP contribution in [0, 0.1) is 6.92 Å². The zero-order chi connectivity index (χ0) is 13.1. The fourth-order valence-electron chi connectivity index (χ4n) is 1.61. The molecule has 0 bridgehead atoms. The number of rotatable bonds is 2. The fourth-order valence-corrected chi connectivity index (χ4v) is 2.13. The molecule has 0 aromatic carbocycles. The molecule has 2 rings (SSSR count). The maximum atomic E-state index is 12.3. The minimum absolute atomic E-state index is 0.125. The van der Waals surface area contributed by atoms with Crippen molar-refractivity contribution >= 4 is 27.7 Å². The molecule has 0 saturated heterocycles. The molecule has 2 aromatic rings. The normalized spacial score (nSPS) is 10.2. The smallest absolute Gasteiger partial charge is 0.261 e. The molecular weight excluding hydrogens is 294 g/mol. The van der Waals surface area contributed by atoms with Crippen LogP contribution >= 0.6 is 15.9 Å². The van der Waals surface area contributed by atoms with Crippen LogP contribution < -0.4 is 4.90 Å². The summed E-state index contributed by atoms with van der Waals surface area (Å²) in [6, 6.07) is 7.17. The number of aryl methyl sites for hydroxylation is 1. The molecule has 0 aliphatic carbocycles. The Hall–Kier alpha value is -1.75. The van der Waals surface area contributed by atoms with Gasteiger partial charge in [0.1, 0.15) is 5.82 Å². The summed E-state index contributed by atoms with van der Waals surface area (Å²) < 4.78 is 0.780. The van der Waals surface area contributed by atoms with E-state index in [0.717, 1.165) is 4.47 Å². The van der Waals surface area contributed by atoms with Crippen molar-refractivity contribution < 1.29 is 4.79 Å². The molecule has 5 heteroatoms. The van der Waals surface area contributed by atoms with Gasteiger partial charge in [0.15, 0.2) is 0 Å². The van der Waals surface area contributed by atoms with Gasteiger partial charge in [0, 0.05) is 25.1 Å². The number of aromatic nitrogens is 2. The average Bonchev–Trinajstić information content (AvgIpc) is 2.38. The maximum Gasteiger partial charge on any atom is 0.261 e. The quantitative estimate of drug-likeness (QED) is 0.857. The van der Waals surface area contributed by atoms with Gasteiger partial charge < -0.3 is 0 Å². The van der Waals surface area contributed by atoms with Crippen molar-refractivity contribution in [3.05, 3.63) is 52.4 Å². The number of amides is 1. The van der Waals surface area contributed by atoms with E-state index < -0.39 is 0 Å². The Balaban J connectivity index is 2.36. The van der Waals surface area contributed by atoms with Gasteiger partial charge in [-0.1, -0.05) is 0 Å². The van der Waals surface area contributed by atoms with Crippen LogP contribution in [-0.2, 0) is 0 Å². The molecule has 2 heterocycles. The van der Waals surface area contributed by atoms with E-state index in [1.165, 1.54) is 4.90 Å². The Morgan fingerprint density at radius 1 is 1.22 bits per heavy atom. The highest BCUT2D eigenvalue weighted by Crippen LogP contribution is 2.23. The van der Waals surface area contributed by atoms with E-state index in [4.69, 9.17) is 0 Å². The number of nitrogens with zero attached hydrogens (tertiary/aromatic N) is 3. The molecular formula is C13H12BrN3O. The van der Waals surface area contributed by atoms with E-state index in [9.17, 15) is 4.79 Å². The molecule has 0 N–H and O–H groups in total. The van der Waals surface area contributed by atoms with Gasteiger partial charge in [-0.3, -0.25) is 14.7 Å². The van der Waals surface area contributed by atoms with Crippen LogP contribution in [0.3, 0.4) is 0 Å². The standard InChI is InChI=1S/C13H12BrN3O/c1-9-10(5-3-7-15-9)13(18)17(2)12-11(14)6-4-8-16-12/h3-8H,1-2H3. The van der Waals surface area contributed by atoms with Crippen LogP contribution in [-0.4, -0.2) is 22.9 Å². The summed E-state index contributed by atoms with van der Waals surface area (Å²) in [6.07, 6.45) is 3.32. The van der Waals surface area contributed by atoms with E-state index in [1.807, 2.05) is 13.0 Å². The van der Waals surface area contributed by atoms with Gasteiger partial charge in [-0.25, -0.2) is 4.98 Å². The second-order valence-electron chi connectivity index (χ2n) is 3.81. The second-order valence-corrected chi connectivity index (χ2v) is 4.66. The van der Waals surface area contributed by atoms with Crippen LogP contribution in [0.5, 0.6) is 0 Å². The first kappa shape index (κ1) is 12.7. The topological polar surface area (TPSA) is 46.1 Å². The lowest BCUT2D eigenvalue weighted by molar-refractivity contribution is 0.0991. The lowest BCUT2D eigenvalue weighted by atomic mass is 10.2. The van der Waals surface area contributed by atoms with Gasteiger partial charge in [0.2, 0.25) is 0 Å². The molecule has 92 valence electrons. The van der Waals surface area contributed by atoms with Gasteiger partial charge in [0.05, 0.1) is 10.0 Å². The number of hydrogen-bond acceptors (Lipinski definition) is 3. The monoisotopic (exact) mass is 305 g/mol. The first-order valence-corrected chi connectivity index (χ1v) is 6.20. The Morgan fingerprint density at radius 3 is 2.56 bits per heavy atom.